The summed E-state index contributed by atoms with van der Waals surface area (Å²) in [5.41, 5.74) is 0.762. The predicted octanol–water partition coefficient (Wildman–Crippen LogP) is 2.14. The second kappa shape index (κ2) is 4.62. The molecule has 0 saturated carbocycles. The first-order valence-electron chi connectivity index (χ1n) is 7.62. The van der Waals surface area contributed by atoms with Crippen LogP contribution in [0.1, 0.15) is 44.2 Å². The average molecular weight is 275 g/mol. The quantitative estimate of drug-likeness (QED) is 0.898. The van der Waals surface area contributed by atoms with Crippen LogP contribution in [0.2, 0.25) is 0 Å². The number of fused-ring (bicyclic) bond motifs is 1. The van der Waals surface area contributed by atoms with E-state index in [1.807, 2.05) is 18.3 Å². The molecule has 0 bridgehead atoms. The largest absolute Gasteiger partial charge is 0.341 e. The third-order valence-corrected chi connectivity index (χ3v) is 5.16. The van der Waals surface area contributed by atoms with E-state index in [4.69, 9.17) is 0 Å². The molecule has 2 fully saturated rings. The zero-order chi connectivity index (χ0) is 14.5. The zero-order valence-electron chi connectivity index (χ0n) is 12.9. The van der Waals surface area contributed by atoms with Gasteiger partial charge in [-0.2, -0.15) is 0 Å². The molecule has 2 unspecified atom stereocenters. The molecule has 110 valence electrons. The molecule has 4 nitrogen and oxygen atoms in total. The minimum atomic E-state index is -0.0582. The lowest BCUT2D eigenvalue weighted by molar-refractivity contribution is 0.0590. The van der Waals surface area contributed by atoms with Crippen molar-refractivity contribution < 1.29 is 4.79 Å². The molecular formula is C16H25N3O. The summed E-state index contributed by atoms with van der Waals surface area (Å²) in [6.45, 7) is 11.6. The fourth-order valence-electron chi connectivity index (χ4n) is 3.93. The highest BCUT2D eigenvalue weighted by Crippen LogP contribution is 2.41. The van der Waals surface area contributed by atoms with E-state index in [1.54, 1.807) is 0 Å². The Morgan fingerprint density at radius 1 is 1.40 bits per heavy atom. The second-order valence-corrected chi connectivity index (χ2v) is 6.99. The first-order chi connectivity index (χ1) is 9.43. The molecule has 1 aromatic rings. The van der Waals surface area contributed by atoms with E-state index >= 15 is 0 Å². The van der Waals surface area contributed by atoms with Crippen LogP contribution in [0.5, 0.6) is 0 Å². The third-order valence-electron chi connectivity index (χ3n) is 5.16. The summed E-state index contributed by atoms with van der Waals surface area (Å²) in [6, 6.07) is 4.24. The fourth-order valence-corrected chi connectivity index (χ4v) is 3.93. The molecule has 2 aliphatic heterocycles. The van der Waals surface area contributed by atoms with Crippen LogP contribution in [0.25, 0.3) is 0 Å². The van der Waals surface area contributed by atoms with Crippen molar-refractivity contribution in [3.63, 3.8) is 0 Å². The SMILES string of the molecule is CC(C)n1cccc1C(=O)N1CC2CNCC2C1(C)C. The number of aromatic nitrogens is 1. The predicted molar refractivity (Wildman–Crippen MR) is 79.8 cm³/mol. The molecule has 1 amide bonds. The molecule has 20 heavy (non-hydrogen) atoms. The van der Waals surface area contributed by atoms with Crippen LogP contribution in [-0.2, 0) is 0 Å². The molecule has 4 heteroatoms. The molecule has 1 N–H and O–H groups in total. The van der Waals surface area contributed by atoms with E-state index in [0.29, 0.717) is 17.9 Å². The van der Waals surface area contributed by atoms with Gasteiger partial charge in [-0.25, -0.2) is 0 Å². The summed E-state index contributed by atoms with van der Waals surface area (Å²) in [6.07, 6.45) is 2.00. The average Bonchev–Trinajstić information content (AvgIpc) is 3.06. The van der Waals surface area contributed by atoms with Crippen LogP contribution >= 0.6 is 0 Å². The van der Waals surface area contributed by atoms with Crippen LogP contribution in [0.4, 0.5) is 0 Å². The van der Waals surface area contributed by atoms with Gasteiger partial charge >= 0.3 is 0 Å². The zero-order valence-corrected chi connectivity index (χ0v) is 12.9. The van der Waals surface area contributed by atoms with E-state index in [1.165, 1.54) is 0 Å². The summed E-state index contributed by atoms with van der Waals surface area (Å²) in [5.74, 6) is 1.37. The van der Waals surface area contributed by atoms with Gasteiger partial charge in [0.1, 0.15) is 5.69 Å². The Balaban J connectivity index is 1.89. The number of nitrogens with zero attached hydrogens (tertiary/aromatic N) is 2. The summed E-state index contributed by atoms with van der Waals surface area (Å²) >= 11 is 0. The van der Waals surface area contributed by atoms with Gasteiger partial charge in [0.15, 0.2) is 0 Å². The topological polar surface area (TPSA) is 37.3 Å². The number of hydrogen-bond donors (Lipinski definition) is 1. The lowest BCUT2D eigenvalue weighted by atomic mass is 9.85. The molecule has 2 aliphatic rings. The van der Waals surface area contributed by atoms with Gasteiger partial charge in [0.2, 0.25) is 0 Å². The minimum Gasteiger partial charge on any atom is -0.341 e. The maximum Gasteiger partial charge on any atom is 0.270 e. The van der Waals surface area contributed by atoms with E-state index in [9.17, 15) is 4.79 Å². The Kier molecular flexibility index (Phi) is 3.16. The molecule has 0 aromatic carbocycles. The van der Waals surface area contributed by atoms with Gasteiger partial charge in [-0.1, -0.05) is 0 Å². The van der Waals surface area contributed by atoms with Gasteiger partial charge in [0, 0.05) is 37.4 Å². The van der Waals surface area contributed by atoms with E-state index in [-0.39, 0.29) is 11.4 Å². The van der Waals surface area contributed by atoms with Crippen molar-refractivity contribution in [2.75, 3.05) is 19.6 Å². The summed E-state index contributed by atoms with van der Waals surface area (Å²) in [4.78, 5) is 15.1. The van der Waals surface area contributed by atoms with Crippen LogP contribution < -0.4 is 5.32 Å². The Bertz CT molecular complexity index is 518. The first-order valence-corrected chi connectivity index (χ1v) is 7.62. The van der Waals surface area contributed by atoms with E-state index in [0.717, 1.165) is 25.3 Å². The van der Waals surface area contributed by atoms with Crippen molar-refractivity contribution in [3.05, 3.63) is 24.0 Å². The number of nitrogens with one attached hydrogen (secondary N) is 1. The highest BCUT2D eigenvalue weighted by Gasteiger charge is 2.51. The molecule has 3 heterocycles. The Labute approximate surface area is 121 Å². The van der Waals surface area contributed by atoms with Crippen molar-refractivity contribution in [1.82, 2.24) is 14.8 Å². The molecular weight excluding hydrogens is 250 g/mol. The van der Waals surface area contributed by atoms with Gasteiger partial charge in [0.05, 0.1) is 0 Å². The summed E-state index contributed by atoms with van der Waals surface area (Å²) in [5, 5.41) is 3.46. The number of carbonyl (C=O) groups excluding carboxylic acids is 1. The molecule has 3 rings (SSSR count). The molecule has 2 saturated heterocycles. The van der Waals surface area contributed by atoms with Crippen LogP contribution in [0.3, 0.4) is 0 Å². The van der Waals surface area contributed by atoms with Gasteiger partial charge in [-0.05, 0) is 51.7 Å². The normalized spacial score (nSPS) is 28.1. The summed E-state index contributed by atoms with van der Waals surface area (Å²) in [7, 11) is 0. The highest BCUT2D eigenvalue weighted by atomic mass is 16.2. The van der Waals surface area contributed by atoms with Gasteiger partial charge < -0.3 is 14.8 Å². The maximum atomic E-state index is 13.0. The lowest BCUT2D eigenvalue weighted by Gasteiger charge is -2.36. The smallest absolute Gasteiger partial charge is 0.270 e. The van der Waals surface area contributed by atoms with E-state index < -0.39 is 0 Å². The minimum absolute atomic E-state index is 0.0582. The number of hydrogen-bond acceptors (Lipinski definition) is 2. The van der Waals surface area contributed by atoms with E-state index in [2.05, 4.69) is 42.5 Å². The molecule has 0 spiro atoms. The number of amides is 1. The molecule has 0 aliphatic carbocycles. The van der Waals surface area contributed by atoms with Crippen molar-refractivity contribution in [2.24, 2.45) is 11.8 Å². The molecule has 0 radical (unpaired) electrons. The fraction of sp³-hybridized carbons (Fsp3) is 0.688. The maximum absolute atomic E-state index is 13.0. The molecule has 1 aromatic heterocycles. The Morgan fingerprint density at radius 2 is 2.15 bits per heavy atom. The van der Waals surface area contributed by atoms with Crippen molar-refractivity contribution in [2.45, 2.75) is 39.3 Å². The van der Waals surface area contributed by atoms with Crippen LogP contribution in [0, 0.1) is 11.8 Å². The lowest BCUT2D eigenvalue weighted by Crippen LogP contribution is -2.48. The van der Waals surface area contributed by atoms with Crippen molar-refractivity contribution in [1.29, 1.82) is 0 Å². The Morgan fingerprint density at radius 3 is 2.80 bits per heavy atom. The van der Waals surface area contributed by atoms with Gasteiger partial charge in [-0.15, -0.1) is 0 Å². The second-order valence-electron chi connectivity index (χ2n) is 6.99. The van der Waals surface area contributed by atoms with Crippen molar-refractivity contribution >= 4 is 5.91 Å². The standard InChI is InChI=1S/C16H25N3O/c1-11(2)18-7-5-6-14(18)15(20)19-10-12-8-17-9-13(12)16(19,3)4/h5-7,11-13,17H,8-10H2,1-4H3. The summed E-state index contributed by atoms with van der Waals surface area (Å²) < 4.78 is 2.07. The molecule has 2 atom stereocenters. The number of likely N-dealkylation sites (tertiary alicyclic amines) is 1. The Hall–Kier alpha value is -1.29. The highest BCUT2D eigenvalue weighted by molar-refractivity contribution is 5.93. The first kappa shape index (κ1) is 13.7. The number of carbonyl (C=O) groups is 1. The van der Waals surface area contributed by atoms with Gasteiger partial charge in [-0.3, -0.25) is 4.79 Å². The van der Waals surface area contributed by atoms with Crippen molar-refractivity contribution in [3.8, 4) is 0 Å². The van der Waals surface area contributed by atoms with Crippen LogP contribution in [-0.4, -0.2) is 40.5 Å². The third kappa shape index (κ3) is 1.89. The van der Waals surface area contributed by atoms with Gasteiger partial charge in [0.25, 0.3) is 5.91 Å². The van der Waals surface area contributed by atoms with Crippen LogP contribution in [0.15, 0.2) is 18.3 Å². The number of rotatable bonds is 2. The monoisotopic (exact) mass is 275 g/mol.